The smallest absolute Gasteiger partial charge is 0.185 e. The van der Waals surface area contributed by atoms with Gasteiger partial charge in [-0.05, 0) is 44.1 Å². The Kier molecular flexibility index (Phi) is 4.32. The van der Waals surface area contributed by atoms with E-state index in [2.05, 4.69) is 31.0 Å². The van der Waals surface area contributed by atoms with Crippen LogP contribution in [-0.4, -0.2) is 24.6 Å². The normalized spacial score (nSPS) is 30.4. The summed E-state index contributed by atoms with van der Waals surface area (Å²) in [6.45, 7) is 10.3. The summed E-state index contributed by atoms with van der Waals surface area (Å²) < 4.78 is 0. The lowest BCUT2D eigenvalue weighted by atomic mass is 9.92. The third kappa shape index (κ3) is 2.86. The first-order chi connectivity index (χ1) is 9.67. The molecule has 2 heterocycles. The van der Waals surface area contributed by atoms with Crippen molar-refractivity contribution in [1.29, 1.82) is 0 Å². The Hall–Kier alpha value is -0.610. The van der Waals surface area contributed by atoms with Crippen LogP contribution in [0, 0.1) is 11.8 Å². The number of rotatable bonds is 3. The maximum atomic E-state index is 5.03. The van der Waals surface area contributed by atoms with Crippen molar-refractivity contribution in [2.24, 2.45) is 11.8 Å². The van der Waals surface area contributed by atoms with Gasteiger partial charge >= 0.3 is 0 Å². The van der Waals surface area contributed by atoms with Crippen molar-refractivity contribution in [2.75, 3.05) is 24.5 Å². The molecule has 1 saturated heterocycles. The summed E-state index contributed by atoms with van der Waals surface area (Å²) in [7, 11) is 0. The van der Waals surface area contributed by atoms with Crippen molar-refractivity contribution in [3.63, 3.8) is 0 Å². The van der Waals surface area contributed by atoms with Crippen molar-refractivity contribution < 1.29 is 0 Å². The van der Waals surface area contributed by atoms with Gasteiger partial charge in [-0.15, -0.1) is 11.3 Å². The number of anilines is 1. The predicted octanol–water partition coefficient (Wildman–Crippen LogP) is 3.61. The number of hydrogen-bond donors (Lipinski definition) is 1. The van der Waals surface area contributed by atoms with E-state index in [1.165, 1.54) is 54.5 Å². The highest BCUT2D eigenvalue weighted by atomic mass is 32.1. The molecule has 1 fully saturated rings. The molecule has 1 aromatic rings. The molecule has 3 unspecified atom stereocenters. The second kappa shape index (κ2) is 6.02. The third-order valence-corrected chi connectivity index (χ3v) is 5.72. The standard InChI is InChI=1S/C16H27N3S/c1-4-17-13-6-5-7-14-15(13)18-16(20-14)19-9-11(2)8-12(3)10-19/h11-13,17H,4-10H2,1-3H3. The van der Waals surface area contributed by atoms with Gasteiger partial charge in [-0.1, -0.05) is 20.8 Å². The number of nitrogens with one attached hydrogen (secondary N) is 1. The zero-order valence-electron chi connectivity index (χ0n) is 13.0. The molecule has 112 valence electrons. The zero-order valence-corrected chi connectivity index (χ0v) is 13.8. The minimum absolute atomic E-state index is 0.494. The van der Waals surface area contributed by atoms with Gasteiger partial charge in [0.05, 0.1) is 11.7 Å². The third-order valence-electron chi connectivity index (χ3n) is 4.53. The molecule has 1 aromatic heterocycles. The minimum Gasteiger partial charge on any atom is -0.348 e. The van der Waals surface area contributed by atoms with Gasteiger partial charge in [0, 0.05) is 18.0 Å². The van der Waals surface area contributed by atoms with E-state index in [4.69, 9.17) is 4.98 Å². The molecule has 1 N–H and O–H groups in total. The number of aryl methyl sites for hydroxylation is 1. The molecular formula is C16H27N3S. The van der Waals surface area contributed by atoms with Gasteiger partial charge in [-0.25, -0.2) is 4.98 Å². The fourth-order valence-electron chi connectivity index (χ4n) is 3.81. The van der Waals surface area contributed by atoms with Gasteiger partial charge in [0.15, 0.2) is 5.13 Å². The van der Waals surface area contributed by atoms with E-state index in [-0.39, 0.29) is 0 Å². The first kappa shape index (κ1) is 14.3. The monoisotopic (exact) mass is 293 g/mol. The Morgan fingerprint density at radius 1 is 1.30 bits per heavy atom. The molecule has 0 bridgehead atoms. The van der Waals surface area contributed by atoms with Crippen LogP contribution in [-0.2, 0) is 6.42 Å². The maximum Gasteiger partial charge on any atom is 0.185 e. The summed E-state index contributed by atoms with van der Waals surface area (Å²) in [4.78, 5) is 9.09. The lowest BCUT2D eigenvalue weighted by Crippen LogP contribution is -2.38. The van der Waals surface area contributed by atoms with Crippen LogP contribution in [0.1, 0.15) is 56.6 Å². The SMILES string of the molecule is CCNC1CCCc2sc(N3CC(C)CC(C)C3)nc21. The number of piperidine rings is 1. The first-order valence-electron chi connectivity index (χ1n) is 8.15. The fourth-order valence-corrected chi connectivity index (χ4v) is 4.99. The van der Waals surface area contributed by atoms with Crippen LogP contribution >= 0.6 is 11.3 Å². The molecule has 4 heteroatoms. The lowest BCUT2D eigenvalue weighted by Gasteiger charge is -2.34. The number of fused-ring (bicyclic) bond motifs is 1. The Balaban J connectivity index is 1.81. The highest BCUT2D eigenvalue weighted by Crippen LogP contribution is 2.38. The summed E-state index contributed by atoms with van der Waals surface area (Å²) in [5.74, 6) is 1.59. The second-order valence-electron chi connectivity index (χ2n) is 6.66. The first-order valence-corrected chi connectivity index (χ1v) is 8.97. The Morgan fingerprint density at radius 2 is 2.05 bits per heavy atom. The van der Waals surface area contributed by atoms with E-state index in [0.717, 1.165) is 18.4 Å². The summed E-state index contributed by atoms with van der Waals surface area (Å²) in [5.41, 5.74) is 1.35. The molecule has 20 heavy (non-hydrogen) atoms. The largest absolute Gasteiger partial charge is 0.348 e. The lowest BCUT2D eigenvalue weighted by molar-refractivity contribution is 0.356. The van der Waals surface area contributed by atoms with E-state index in [0.29, 0.717) is 6.04 Å². The molecule has 0 radical (unpaired) electrons. The van der Waals surface area contributed by atoms with Crippen LogP contribution < -0.4 is 10.2 Å². The van der Waals surface area contributed by atoms with Crippen LogP contribution in [0.3, 0.4) is 0 Å². The van der Waals surface area contributed by atoms with E-state index in [1.54, 1.807) is 0 Å². The van der Waals surface area contributed by atoms with Crippen LogP contribution in [0.4, 0.5) is 5.13 Å². The van der Waals surface area contributed by atoms with Crippen molar-refractivity contribution in [1.82, 2.24) is 10.3 Å². The topological polar surface area (TPSA) is 28.2 Å². The number of hydrogen-bond acceptors (Lipinski definition) is 4. The van der Waals surface area contributed by atoms with E-state index in [1.807, 2.05) is 11.3 Å². The van der Waals surface area contributed by atoms with Gasteiger partial charge in [-0.3, -0.25) is 0 Å². The number of nitrogens with zero attached hydrogens (tertiary/aromatic N) is 2. The van der Waals surface area contributed by atoms with Gasteiger partial charge in [0.25, 0.3) is 0 Å². The summed E-state index contributed by atoms with van der Waals surface area (Å²) in [5, 5.41) is 4.88. The number of thiazole rings is 1. The van der Waals surface area contributed by atoms with Gasteiger partial charge in [0.1, 0.15) is 0 Å². The maximum absolute atomic E-state index is 5.03. The summed E-state index contributed by atoms with van der Waals surface area (Å²) in [6.07, 6.45) is 5.14. The Bertz CT molecular complexity index is 447. The van der Waals surface area contributed by atoms with Crippen molar-refractivity contribution in [3.05, 3.63) is 10.6 Å². The second-order valence-corrected chi connectivity index (χ2v) is 7.72. The van der Waals surface area contributed by atoms with Crippen molar-refractivity contribution >= 4 is 16.5 Å². The van der Waals surface area contributed by atoms with Crippen LogP contribution in [0.15, 0.2) is 0 Å². The van der Waals surface area contributed by atoms with Gasteiger partial charge in [0.2, 0.25) is 0 Å². The predicted molar refractivity (Wildman–Crippen MR) is 86.6 cm³/mol. The fraction of sp³-hybridized carbons (Fsp3) is 0.812. The molecule has 3 nitrogen and oxygen atoms in total. The van der Waals surface area contributed by atoms with E-state index < -0.39 is 0 Å². The highest BCUT2D eigenvalue weighted by Gasteiger charge is 2.28. The molecule has 0 saturated carbocycles. The molecule has 0 aromatic carbocycles. The molecule has 1 aliphatic carbocycles. The molecule has 0 amide bonds. The highest BCUT2D eigenvalue weighted by molar-refractivity contribution is 7.15. The van der Waals surface area contributed by atoms with Gasteiger partial charge < -0.3 is 10.2 Å². The molecule has 1 aliphatic heterocycles. The van der Waals surface area contributed by atoms with E-state index in [9.17, 15) is 0 Å². The van der Waals surface area contributed by atoms with Crippen molar-refractivity contribution in [3.8, 4) is 0 Å². The average Bonchev–Trinajstić information content (AvgIpc) is 2.83. The van der Waals surface area contributed by atoms with Crippen LogP contribution in [0.25, 0.3) is 0 Å². The molecular weight excluding hydrogens is 266 g/mol. The van der Waals surface area contributed by atoms with Crippen molar-refractivity contribution in [2.45, 2.75) is 52.5 Å². The van der Waals surface area contributed by atoms with Gasteiger partial charge in [-0.2, -0.15) is 0 Å². The van der Waals surface area contributed by atoms with Crippen LogP contribution in [0.5, 0.6) is 0 Å². The quantitative estimate of drug-likeness (QED) is 0.922. The number of aromatic nitrogens is 1. The summed E-state index contributed by atoms with van der Waals surface area (Å²) >= 11 is 1.95. The molecule has 3 atom stereocenters. The average molecular weight is 293 g/mol. The molecule has 3 rings (SSSR count). The Morgan fingerprint density at radius 3 is 2.75 bits per heavy atom. The van der Waals surface area contributed by atoms with E-state index >= 15 is 0 Å². The molecule has 2 aliphatic rings. The Labute approximate surface area is 126 Å². The summed E-state index contributed by atoms with van der Waals surface area (Å²) in [6, 6.07) is 0.494. The van der Waals surface area contributed by atoms with Crippen LogP contribution in [0.2, 0.25) is 0 Å². The zero-order chi connectivity index (χ0) is 14.1. The minimum atomic E-state index is 0.494. The molecule has 0 spiro atoms.